The third kappa shape index (κ3) is 6.10. The Hall–Kier alpha value is -4.32. The first-order valence-corrected chi connectivity index (χ1v) is 14.4. The molecule has 0 aliphatic carbocycles. The number of aryl methyl sites for hydroxylation is 1. The Morgan fingerprint density at radius 1 is 1.09 bits per heavy atom. The Labute approximate surface area is 247 Å². The van der Waals surface area contributed by atoms with Gasteiger partial charge in [0.1, 0.15) is 23.0 Å². The molecule has 3 aromatic heterocycles. The van der Waals surface area contributed by atoms with Crippen molar-refractivity contribution >= 4 is 28.6 Å². The van der Waals surface area contributed by atoms with Crippen LogP contribution in [-0.2, 0) is 12.6 Å². The minimum atomic E-state index is -4.63. The normalized spacial score (nSPS) is 18.0. The number of aromatic amines is 1. The van der Waals surface area contributed by atoms with Gasteiger partial charge >= 0.3 is 12.2 Å². The molecule has 1 aromatic carbocycles. The summed E-state index contributed by atoms with van der Waals surface area (Å²) in [7, 11) is 1.99. The third-order valence-electron chi connectivity index (χ3n) is 8.28. The van der Waals surface area contributed by atoms with Crippen molar-refractivity contribution in [2.24, 2.45) is 0 Å². The maximum atomic E-state index is 14.0. The lowest BCUT2D eigenvalue weighted by Crippen LogP contribution is -2.41. The van der Waals surface area contributed by atoms with E-state index in [0.717, 1.165) is 59.9 Å². The molecule has 2 aliphatic rings. The third-order valence-corrected chi connectivity index (χ3v) is 8.28. The predicted octanol–water partition coefficient (Wildman–Crippen LogP) is 6.73. The average molecular weight is 594 g/mol. The van der Waals surface area contributed by atoms with Gasteiger partial charge < -0.3 is 30.2 Å². The molecule has 0 spiro atoms. The summed E-state index contributed by atoms with van der Waals surface area (Å²) in [4.78, 5) is 28.7. The summed E-state index contributed by atoms with van der Waals surface area (Å²) in [6.45, 7) is 5.88. The molecule has 2 amide bonds. The molecule has 5 heterocycles. The van der Waals surface area contributed by atoms with Crippen molar-refractivity contribution in [3.63, 3.8) is 0 Å². The summed E-state index contributed by atoms with van der Waals surface area (Å²) >= 11 is 0. The van der Waals surface area contributed by atoms with Crippen LogP contribution in [-0.4, -0.2) is 63.5 Å². The number of rotatable bonds is 5. The highest BCUT2D eigenvalue weighted by molar-refractivity contribution is 5.90. The molecule has 4 aromatic rings. The summed E-state index contributed by atoms with van der Waals surface area (Å²) in [6.07, 6.45) is 0.389. The lowest BCUT2D eigenvalue weighted by Gasteiger charge is -2.35. The summed E-state index contributed by atoms with van der Waals surface area (Å²) < 4.78 is 48.3. The molecule has 0 unspecified atom stereocenters. The molecule has 226 valence electrons. The van der Waals surface area contributed by atoms with Crippen LogP contribution in [0.1, 0.15) is 48.2 Å². The number of carbonyl (C=O) groups is 1. The van der Waals surface area contributed by atoms with E-state index in [2.05, 4.69) is 30.5 Å². The van der Waals surface area contributed by atoms with Crippen LogP contribution >= 0.6 is 0 Å². The number of carbonyl (C=O) groups excluding carboxylic acids is 1. The van der Waals surface area contributed by atoms with Crippen LogP contribution < -0.4 is 15.4 Å². The number of aromatic nitrogens is 3. The largest absolute Gasteiger partial charge is 0.457 e. The number of anilines is 2. The standard InChI is InChI=1S/C31H34F3N7O2/c1-18-14-25-27(6-10-35-28(25)37-18)43-23-5-4-20-7-13-41(19(2)24(20)16-23)30(42)39-22-15-26(31(32,33)34)29(36-17-22)38-21-8-11-40(3)12-9-21/h4-6,10,14-17,19,21H,7-9,11-13H2,1-3H3,(H,35,37)(H,36,38)(H,39,42)/t19-/m0/s1. The van der Waals surface area contributed by atoms with Crippen LogP contribution in [0.15, 0.2) is 48.8 Å². The first kappa shape index (κ1) is 28.8. The number of hydrogen-bond donors (Lipinski definition) is 3. The molecule has 1 saturated heterocycles. The molecular formula is C31H34F3N7O2. The molecule has 12 heteroatoms. The quantitative estimate of drug-likeness (QED) is 0.237. The number of amides is 2. The number of likely N-dealkylation sites (tertiary alicyclic amines) is 1. The van der Waals surface area contributed by atoms with E-state index in [4.69, 9.17) is 4.74 Å². The van der Waals surface area contributed by atoms with Crippen LogP contribution in [0.3, 0.4) is 0 Å². The number of fused-ring (bicyclic) bond motifs is 2. The van der Waals surface area contributed by atoms with Crippen molar-refractivity contribution in [3.05, 3.63) is 71.2 Å². The number of nitrogens with one attached hydrogen (secondary N) is 3. The smallest absolute Gasteiger partial charge is 0.420 e. The number of pyridine rings is 2. The second kappa shape index (κ2) is 11.4. The number of ether oxygens (including phenoxy) is 1. The lowest BCUT2D eigenvalue weighted by atomic mass is 9.93. The zero-order valence-corrected chi connectivity index (χ0v) is 24.3. The first-order chi connectivity index (χ1) is 20.5. The van der Waals surface area contributed by atoms with Gasteiger partial charge in [-0.25, -0.2) is 14.8 Å². The van der Waals surface area contributed by atoms with Gasteiger partial charge in [-0.05, 0) is 94.7 Å². The van der Waals surface area contributed by atoms with Crippen molar-refractivity contribution in [3.8, 4) is 11.5 Å². The Bertz CT molecular complexity index is 1650. The number of alkyl halides is 3. The van der Waals surface area contributed by atoms with Crippen LogP contribution in [0.2, 0.25) is 0 Å². The molecule has 3 N–H and O–H groups in total. The van der Waals surface area contributed by atoms with Gasteiger partial charge in [0.05, 0.1) is 28.9 Å². The van der Waals surface area contributed by atoms with E-state index in [0.29, 0.717) is 24.5 Å². The van der Waals surface area contributed by atoms with Gasteiger partial charge in [0.25, 0.3) is 0 Å². The minimum Gasteiger partial charge on any atom is -0.457 e. The number of H-pyrrole nitrogens is 1. The maximum Gasteiger partial charge on any atom is 0.420 e. The lowest BCUT2D eigenvalue weighted by molar-refractivity contribution is -0.137. The van der Waals surface area contributed by atoms with E-state index in [1.807, 2.05) is 45.2 Å². The summed E-state index contributed by atoms with van der Waals surface area (Å²) in [5.74, 6) is 1.06. The zero-order valence-electron chi connectivity index (χ0n) is 24.3. The Morgan fingerprint density at radius 3 is 2.65 bits per heavy atom. The van der Waals surface area contributed by atoms with Gasteiger partial charge in [-0.1, -0.05) is 6.07 Å². The van der Waals surface area contributed by atoms with Crippen molar-refractivity contribution in [2.75, 3.05) is 37.3 Å². The van der Waals surface area contributed by atoms with Gasteiger partial charge in [-0.3, -0.25) is 0 Å². The second-order valence-electron chi connectivity index (χ2n) is 11.4. The number of benzene rings is 1. The van der Waals surface area contributed by atoms with Crippen LogP contribution in [0, 0.1) is 6.92 Å². The highest BCUT2D eigenvalue weighted by Crippen LogP contribution is 2.38. The highest BCUT2D eigenvalue weighted by Gasteiger charge is 2.36. The van der Waals surface area contributed by atoms with Gasteiger partial charge in [-0.2, -0.15) is 13.2 Å². The average Bonchev–Trinajstić information content (AvgIpc) is 3.36. The Kier molecular flexibility index (Phi) is 7.63. The van der Waals surface area contributed by atoms with Crippen LogP contribution in [0.25, 0.3) is 11.0 Å². The topological polar surface area (TPSA) is 98.4 Å². The molecule has 6 rings (SSSR count). The van der Waals surface area contributed by atoms with Gasteiger partial charge in [0.15, 0.2) is 0 Å². The number of piperidine rings is 1. The van der Waals surface area contributed by atoms with Gasteiger partial charge in [-0.15, -0.1) is 0 Å². The molecule has 1 atom stereocenters. The van der Waals surface area contributed by atoms with Crippen molar-refractivity contribution in [1.82, 2.24) is 24.8 Å². The first-order valence-electron chi connectivity index (χ1n) is 14.4. The van der Waals surface area contributed by atoms with Crippen molar-refractivity contribution in [1.29, 1.82) is 0 Å². The minimum absolute atomic E-state index is 0.00941. The van der Waals surface area contributed by atoms with E-state index in [1.165, 1.54) is 6.20 Å². The van der Waals surface area contributed by atoms with E-state index in [1.54, 1.807) is 17.2 Å². The summed E-state index contributed by atoms with van der Waals surface area (Å²) in [5, 5.41) is 6.49. The predicted molar refractivity (Wildman–Crippen MR) is 159 cm³/mol. The monoisotopic (exact) mass is 593 g/mol. The van der Waals surface area contributed by atoms with Gasteiger partial charge in [0, 0.05) is 24.5 Å². The fourth-order valence-corrected chi connectivity index (χ4v) is 5.89. The van der Waals surface area contributed by atoms with Crippen LogP contribution in [0.5, 0.6) is 11.5 Å². The van der Waals surface area contributed by atoms with Crippen LogP contribution in [0.4, 0.5) is 29.5 Å². The number of urea groups is 1. The molecule has 43 heavy (non-hydrogen) atoms. The molecule has 0 radical (unpaired) electrons. The molecule has 0 saturated carbocycles. The Morgan fingerprint density at radius 2 is 1.88 bits per heavy atom. The number of hydrogen-bond acceptors (Lipinski definition) is 6. The summed E-state index contributed by atoms with van der Waals surface area (Å²) in [6, 6.07) is 9.62. The molecule has 2 aliphatic heterocycles. The van der Waals surface area contributed by atoms with E-state index in [-0.39, 0.29) is 23.6 Å². The van der Waals surface area contributed by atoms with Gasteiger partial charge in [0.2, 0.25) is 0 Å². The number of nitrogens with zero attached hydrogens (tertiary/aromatic N) is 4. The Balaban J connectivity index is 1.18. The molecular weight excluding hydrogens is 559 g/mol. The van der Waals surface area contributed by atoms with Crippen molar-refractivity contribution < 1.29 is 22.7 Å². The van der Waals surface area contributed by atoms with E-state index < -0.39 is 17.8 Å². The zero-order chi connectivity index (χ0) is 30.3. The fraction of sp³-hybridized carbons (Fsp3) is 0.387. The van der Waals surface area contributed by atoms with E-state index in [9.17, 15) is 18.0 Å². The van der Waals surface area contributed by atoms with Crippen molar-refractivity contribution in [2.45, 2.75) is 51.4 Å². The molecule has 1 fully saturated rings. The highest BCUT2D eigenvalue weighted by atomic mass is 19.4. The maximum absolute atomic E-state index is 14.0. The second-order valence-corrected chi connectivity index (χ2v) is 11.4. The molecule has 9 nitrogen and oxygen atoms in total. The molecule has 0 bridgehead atoms. The SMILES string of the molecule is Cc1cc2c(Oc3ccc4c(c3)[C@H](C)N(C(=O)Nc3cnc(NC5CCN(C)CC5)c(C(F)(F)F)c3)CC4)ccnc2[nH]1. The van der Waals surface area contributed by atoms with E-state index >= 15 is 0 Å². The summed E-state index contributed by atoms with van der Waals surface area (Å²) in [5.41, 5.74) is 2.81. The fourth-order valence-electron chi connectivity index (χ4n) is 5.89. The number of halogens is 3.